The van der Waals surface area contributed by atoms with Crippen LogP contribution in [0, 0.1) is 6.92 Å². The molecule has 2 aliphatic carbocycles. The second kappa shape index (κ2) is 15.0. The number of hydrogen-bond donors (Lipinski definition) is 0. The van der Waals surface area contributed by atoms with Crippen LogP contribution < -0.4 is 4.90 Å². The van der Waals surface area contributed by atoms with Crippen LogP contribution in [0.4, 0.5) is 11.4 Å². The lowest BCUT2D eigenvalue weighted by molar-refractivity contribution is 0.392. The molecule has 0 heterocycles. The van der Waals surface area contributed by atoms with Gasteiger partial charge in [-0.3, -0.25) is 0 Å². The van der Waals surface area contributed by atoms with Crippen molar-refractivity contribution in [2.45, 2.75) is 69.7 Å². The fourth-order valence-electron chi connectivity index (χ4n) is 10.7. The van der Waals surface area contributed by atoms with E-state index in [0.29, 0.717) is 17.9 Å². The molecule has 0 amide bonds. The summed E-state index contributed by atoms with van der Waals surface area (Å²) in [4.78, 5) is 2.77. The minimum Gasteiger partial charge on any atom is -0.338 e. The average Bonchev–Trinajstić information content (AvgIpc) is 3.59. The smallest absolute Gasteiger partial charge is 0.0714 e. The standard InChI is InChI=1S/C57H51N/c1-39(2)49-27-15-16-28-50(49)52-36-43-21-13-14-22-44(43)37-55(52)58(47-32-30-42(31-33-47)41-19-7-4-8-20-41)48-34-35-51-54(38-48)57(45-23-9-5-10-24-45,46-25-11-6-12-26-46)53-29-17-18-40(3)56(51)53/h4-29,34-39,42,47H,30-33H2,1-3H3. The van der Waals surface area contributed by atoms with Crippen molar-refractivity contribution in [3.8, 4) is 22.3 Å². The Labute approximate surface area is 344 Å². The first-order chi connectivity index (χ1) is 28.5. The minimum atomic E-state index is -0.470. The van der Waals surface area contributed by atoms with E-state index in [1.807, 2.05) is 0 Å². The van der Waals surface area contributed by atoms with Crippen molar-refractivity contribution in [3.05, 3.63) is 227 Å². The zero-order chi connectivity index (χ0) is 39.2. The van der Waals surface area contributed by atoms with Crippen LogP contribution >= 0.6 is 0 Å². The number of anilines is 2. The van der Waals surface area contributed by atoms with Crippen molar-refractivity contribution in [2.75, 3.05) is 4.90 Å². The maximum Gasteiger partial charge on any atom is 0.0714 e. The highest BCUT2D eigenvalue weighted by Crippen LogP contribution is 2.58. The highest BCUT2D eigenvalue weighted by Gasteiger charge is 2.47. The first kappa shape index (κ1) is 36.2. The number of rotatable bonds is 8. The second-order valence-corrected chi connectivity index (χ2v) is 17.0. The van der Waals surface area contributed by atoms with Crippen LogP contribution in [0.25, 0.3) is 33.0 Å². The normalized spacial score (nSPS) is 16.9. The molecule has 1 saturated carbocycles. The molecule has 0 radical (unpaired) electrons. The van der Waals surface area contributed by atoms with Gasteiger partial charge in [0.05, 0.1) is 5.41 Å². The zero-order valence-corrected chi connectivity index (χ0v) is 33.9. The van der Waals surface area contributed by atoms with Crippen LogP contribution in [0.1, 0.15) is 90.3 Å². The molecule has 0 atom stereocenters. The zero-order valence-electron chi connectivity index (χ0n) is 33.9. The Morgan fingerprint density at radius 2 is 1.10 bits per heavy atom. The molecule has 1 nitrogen and oxygen atoms in total. The van der Waals surface area contributed by atoms with E-state index in [1.165, 1.54) is 96.2 Å². The maximum absolute atomic E-state index is 2.77. The molecule has 2 aliphatic rings. The first-order valence-electron chi connectivity index (χ1n) is 21.3. The monoisotopic (exact) mass is 749 g/mol. The third-order valence-corrected chi connectivity index (χ3v) is 13.4. The largest absolute Gasteiger partial charge is 0.338 e. The van der Waals surface area contributed by atoms with Gasteiger partial charge in [-0.05, 0) is 135 Å². The lowest BCUT2D eigenvalue weighted by atomic mass is 9.67. The summed E-state index contributed by atoms with van der Waals surface area (Å²) >= 11 is 0. The molecule has 1 heteroatoms. The van der Waals surface area contributed by atoms with E-state index in [2.05, 4.69) is 214 Å². The summed E-state index contributed by atoms with van der Waals surface area (Å²) in [5, 5.41) is 2.55. The van der Waals surface area contributed by atoms with Gasteiger partial charge in [-0.25, -0.2) is 0 Å². The number of fused-ring (bicyclic) bond motifs is 4. The van der Waals surface area contributed by atoms with Gasteiger partial charge in [-0.2, -0.15) is 0 Å². The lowest BCUT2D eigenvalue weighted by Gasteiger charge is -2.41. The van der Waals surface area contributed by atoms with Crippen molar-refractivity contribution in [1.29, 1.82) is 0 Å². The highest BCUT2D eigenvalue weighted by atomic mass is 15.2. The van der Waals surface area contributed by atoms with E-state index in [0.717, 1.165) is 12.8 Å². The molecule has 58 heavy (non-hydrogen) atoms. The number of hydrogen-bond acceptors (Lipinski definition) is 1. The summed E-state index contributed by atoms with van der Waals surface area (Å²) in [7, 11) is 0. The van der Waals surface area contributed by atoms with Crippen molar-refractivity contribution >= 4 is 22.1 Å². The summed E-state index contributed by atoms with van der Waals surface area (Å²) in [6.45, 7) is 6.94. The Morgan fingerprint density at radius 3 is 1.78 bits per heavy atom. The van der Waals surface area contributed by atoms with E-state index in [4.69, 9.17) is 0 Å². The summed E-state index contributed by atoms with van der Waals surface area (Å²) in [6, 6.07) is 71.5. The van der Waals surface area contributed by atoms with Crippen molar-refractivity contribution < 1.29 is 0 Å². The molecule has 0 bridgehead atoms. The van der Waals surface area contributed by atoms with Crippen molar-refractivity contribution in [1.82, 2.24) is 0 Å². The quantitative estimate of drug-likeness (QED) is 0.150. The van der Waals surface area contributed by atoms with Gasteiger partial charge in [-0.15, -0.1) is 0 Å². The molecule has 0 unspecified atom stereocenters. The van der Waals surface area contributed by atoms with Gasteiger partial charge < -0.3 is 4.90 Å². The van der Waals surface area contributed by atoms with Crippen molar-refractivity contribution in [2.24, 2.45) is 0 Å². The van der Waals surface area contributed by atoms with E-state index in [9.17, 15) is 0 Å². The molecular formula is C57H51N. The summed E-state index contributed by atoms with van der Waals surface area (Å²) < 4.78 is 0. The predicted octanol–water partition coefficient (Wildman–Crippen LogP) is 15.2. The minimum absolute atomic E-state index is 0.331. The molecule has 0 aromatic heterocycles. The van der Waals surface area contributed by atoms with Crippen LogP contribution in [0.15, 0.2) is 188 Å². The SMILES string of the molecule is Cc1cccc2c1-c1ccc(N(c3cc4ccccc4cc3-c3ccccc3C(C)C)C3CCC(c4ccccc4)CC3)cc1C2(c1ccccc1)c1ccccc1. The Hall–Kier alpha value is -6.18. The number of nitrogens with zero attached hydrogens (tertiary/aromatic N) is 1. The molecule has 0 aliphatic heterocycles. The van der Waals surface area contributed by atoms with E-state index in [-0.39, 0.29) is 0 Å². The van der Waals surface area contributed by atoms with E-state index in [1.54, 1.807) is 0 Å². The van der Waals surface area contributed by atoms with Gasteiger partial charge in [0.2, 0.25) is 0 Å². The Bertz CT molecular complexity index is 2680. The third-order valence-electron chi connectivity index (χ3n) is 13.4. The number of benzene rings is 8. The maximum atomic E-state index is 2.77. The Morgan fingerprint density at radius 1 is 0.500 bits per heavy atom. The van der Waals surface area contributed by atoms with Gasteiger partial charge in [0.25, 0.3) is 0 Å². The topological polar surface area (TPSA) is 3.24 Å². The lowest BCUT2D eigenvalue weighted by Crippen LogP contribution is -2.35. The van der Waals surface area contributed by atoms with E-state index < -0.39 is 5.41 Å². The van der Waals surface area contributed by atoms with Crippen LogP contribution in [0.2, 0.25) is 0 Å². The molecular weight excluding hydrogens is 699 g/mol. The molecule has 1 fully saturated rings. The van der Waals surface area contributed by atoms with Gasteiger partial charge >= 0.3 is 0 Å². The van der Waals surface area contributed by atoms with Gasteiger partial charge in [0.1, 0.15) is 0 Å². The van der Waals surface area contributed by atoms with Crippen molar-refractivity contribution in [3.63, 3.8) is 0 Å². The van der Waals surface area contributed by atoms with Crippen LogP contribution in [0.5, 0.6) is 0 Å². The fraction of sp³-hybridized carbons (Fsp3) is 0.193. The number of aryl methyl sites for hydroxylation is 1. The van der Waals surface area contributed by atoms with Crippen LogP contribution in [0.3, 0.4) is 0 Å². The second-order valence-electron chi connectivity index (χ2n) is 17.0. The van der Waals surface area contributed by atoms with Crippen LogP contribution in [-0.2, 0) is 5.41 Å². The third kappa shape index (κ3) is 5.99. The molecule has 0 spiro atoms. The predicted molar refractivity (Wildman–Crippen MR) is 246 cm³/mol. The highest BCUT2D eigenvalue weighted by molar-refractivity contribution is 5.98. The molecule has 284 valence electrons. The van der Waals surface area contributed by atoms with Gasteiger partial charge in [0, 0.05) is 23.0 Å². The molecule has 8 aromatic rings. The molecule has 8 aromatic carbocycles. The Kier molecular flexibility index (Phi) is 9.33. The summed E-state index contributed by atoms with van der Waals surface area (Å²) in [5.74, 6) is 0.975. The average molecular weight is 750 g/mol. The fourth-order valence-corrected chi connectivity index (χ4v) is 10.7. The first-order valence-corrected chi connectivity index (χ1v) is 21.3. The Balaban J connectivity index is 1.24. The molecule has 10 rings (SSSR count). The van der Waals surface area contributed by atoms with E-state index >= 15 is 0 Å². The summed E-state index contributed by atoms with van der Waals surface area (Å²) in [6.07, 6.45) is 4.58. The van der Waals surface area contributed by atoms with Gasteiger partial charge in [-0.1, -0.05) is 178 Å². The van der Waals surface area contributed by atoms with Gasteiger partial charge in [0.15, 0.2) is 0 Å². The molecule has 0 N–H and O–H groups in total. The van der Waals surface area contributed by atoms with Crippen LogP contribution in [-0.4, -0.2) is 6.04 Å². The summed E-state index contributed by atoms with van der Waals surface area (Å²) in [5.41, 5.74) is 16.9. The molecule has 0 saturated heterocycles.